The Morgan fingerprint density at radius 1 is 1.41 bits per heavy atom. The SMILES string of the molecule is Cc1ccc(C(C(C)N)n2cccc2C#N)s1. The largest absolute Gasteiger partial charge is 0.330 e. The molecule has 2 atom stereocenters. The highest BCUT2D eigenvalue weighted by atomic mass is 32.1. The zero-order valence-electron chi connectivity index (χ0n) is 9.92. The van der Waals surface area contributed by atoms with Gasteiger partial charge >= 0.3 is 0 Å². The van der Waals surface area contributed by atoms with Crippen LogP contribution in [0.3, 0.4) is 0 Å². The van der Waals surface area contributed by atoms with Crippen LogP contribution in [0.2, 0.25) is 0 Å². The van der Waals surface area contributed by atoms with E-state index in [1.54, 1.807) is 11.3 Å². The topological polar surface area (TPSA) is 54.7 Å². The Morgan fingerprint density at radius 3 is 2.71 bits per heavy atom. The number of nitrogens with zero attached hydrogens (tertiary/aromatic N) is 2. The van der Waals surface area contributed by atoms with E-state index in [0.717, 1.165) is 0 Å². The van der Waals surface area contributed by atoms with Gasteiger partial charge in [-0.2, -0.15) is 5.26 Å². The van der Waals surface area contributed by atoms with Crippen LogP contribution in [0.4, 0.5) is 0 Å². The van der Waals surface area contributed by atoms with Crippen LogP contribution in [0, 0.1) is 18.3 Å². The molecule has 0 radical (unpaired) electrons. The highest BCUT2D eigenvalue weighted by Gasteiger charge is 2.21. The zero-order chi connectivity index (χ0) is 12.4. The highest BCUT2D eigenvalue weighted by Crippen LogP contribution is 2.29. The molecule has 0 aliphatic heterocycles. The highest BCUT2D eigenvalue weighted by molar-refractivity contribution is 7.12. The van der Waals surface area contributed by atoms with E-state index in [1.807, 2.05) is 29.8 Å². The quantitative estimate of drug-likeness (QED) is 0.903. The molecule has 0 spiro atoms. The predicted octanol–water partition coefficient (Wildman–Crippen LogP) is 2.67. The standard InChI is InChI=1S/C13H15N3S/c1-9-5-6-12(17-9)13(10(2)15)16-7-3-4-11(16)8-14/h3-7,10,13H,15H2,1-2H3. The van der Waals surface area contributed by atoms with Crippen LogP contribution in [-0.2, 0) is 0 Å². The normalized spacial score (nSPS) is 14.2. The second-order valence-electron chi connectivity index (χ2n) is 4.16. The molecule has 17 heavy (non-hydrogen) atoms. The van der Waals surface area contributed by atoms with Crippen LogP contribution in [0.1, 0.15) is 28.4 Å². The molecule has 2 N–H and O–H groups in total. The summed E-state index contributed by atoms with van der Waals surface area (Å²) < 4.78 is 1.95. The Balaban J connectivity index is 2.47. The molecule has 2 aromatic heterocycles. The van der Waals surface area contributed by atoms with Crippen LogP contribution < -0.4 is 5.73 Å². The van der Waals surface area contributed by atoms with Gasteiger partial charge in [-0.15, -0.1) is 11.3 Å². The molecule has 0 fully saturated rings. The summed E-state index contributed by atoms with van der Waals surface area (Å²) in [5, 5.41) is 9.08. The Bertz CT molecular complexity index is 545. The van der Waals surface area contributed by atoms with Gasteiger partial charge in [-0.05, 0) is 38.1 Å². The van der Waals surface area contributed by atoms with Gasteiger partial charge in [0.25, 0.3) is 0 Å². The molecule has 2 aromatic rings. The van der Waals surface area contributed by atoms with Gasteiger partial charge in [0.2, 0.25) is 0 Å². The van der Waals surface area contributed by atoms with Crippen LogP contribution in [0.15, 0.2) is 30.5 Å². The molecule has 2 unspecified atom stereocenters. The average molecular weight is 245 g/mol. The smallest absolute Gasteiger partial charge is 0.120 e. The minimum absolute atomic E-state index is 0.0347. The fourth-order valence-electron chi connectivity index (χ4n) is 1.99. The number of aryl methyl sites for hydroxylation is 1. The molecular formula is C13H15N3S. The van der Waals surface area contributed by atoms with Crippen molar-refractivity contribution < 1.29 is 0 Å². The maximum absolute atomic E-state index is 9.08. The second-order valence-corrected chi connectivity index (χ2v) is 5.48. The van der Waals surface area contributed by atoms with Gasteiger partial charge in [-0.25, -0.2) is 0 Å². The molecule has 88 valence electrons. The van der Waals surface area contributed by atoms with Crippen molar-refractivity contribution in [1.29, 1.82) is 5.26 Å². The number of hydrogen-bond donors (Lipinski definition) is 1. The Labute approximate surface area is 105 Å². The van der Waals surface area contributed by atoms with Crippen LogP contribution in [0.5, 0.6) is 0 Å². The summed E-state index contributed by atoms with van der Waals surface area (Å²) in [5.41, 5.74) is 6.72. The van der Waals surface area contributed by atoms with Crippen molar-refractivity contribution in [3.63, 3.8) is 0 Å². The predicted molar refractivity (Wildman–Crippen MR) is 70.0 cm³/mol. The number of hydrogen-bond acceptors (Lipinski definition) is 3. The average Bonchev–Trinajstić information content (AvgIpc) is 2.88. The summed E-state index contributed by atoms with van der Waals surface area (Å²) >= 11 is 1.73. The summed E-state index contributed by atoms with van der Waals surface area (Å²) in [6.45, 7) is 4.05. The molecule has 2 heterocycles. The van der Waals surface area contributed by atoms with Crippen molar-refractivity contribution in [3.8, 4) is 6.07 Å². The van der Waals surface area contributed by atoms with Crippen LogP contribution >= 0.6 is 11.3 Å². The van der Waals surface area contributed by atoms with E-state index >= 15 is 0 Å². The van der Waals surface area contributed by atoms with Crippen LogP contribution in [-0.4, -0.2) is 10.6 Å². The molecule has 0 aliphatic carbocycles. The van der Waals surface area contributed by atoms with Gasteiger partial charge in [0.05, 0.1) is 6.04 Å². The molecule has 0 aromatic carbocycles. The molecule has 2 rings (SSSR count). The van der Waals surface area contributed by atoms with E-state index in [-0.39, 0.29) is 12.1 Å². The van der Waals surface area contributed by atoms with Crippen molar-refractivity contribution in [1.82, 2.24) is 4.57 Å². The third-order valence-corrected chi connectivity index (χ3v) is 3.82. The maximum atomic E-state index is 9.08. The minimum atomic E-state index is -0.0347. The molecule has 3 nitrogen and oxygen atoms in total. The van der Waals surface area contributed by atoms with Crippen molar-refractivity contribution in [3.05, 3.63) is 45.9 Å². The number of nitriles is 1. The van der Waals surface area contributed by atoms with Crippen molar-refractivity contribution >= 4 is 11.3 Å². The Hall–Kier alpha value is -1.57. The van der Waals surface area contributed by atoms with Gasteiger partial charge in [0.15, 0.2) is 0 Å². The van der Waals surface area contributed by atoms with Crippen molar-refractivity contribution in [2.75, 3.05) is 0 Å². The first-order valence-corrected chi connectivity index (χ1v) is 6.34. The first-order valence-electron chi connectivity index (χ1n) is 5.52. The summed E-state index contributed by atoms with van der Waals surface area (Å²) in [5.74, 6) is 0. The van der Waals surface area contributed by atoms with Gasteiger partial charge in [0, 0.05) is 22.0 Å². The number of rotatable bonds is 3. The number of nitrogens with two attached hydrogens (primary N) is 1. The third kappa shape index (κ3) is 2.26. The lowest BCUT2D eigenvalue weighted by atomic mass is 10.1. The van der Waals surface area contributed by atoms with E-state index in [9.17, 15) is 0 Å². The fourth-order valence-corrected chi connectivity index (χ4v) is 3.09. The van der Waals surface area contributed by atoms with E-state index < -0.39 is 0 Å². The van der Waals surface area contributed by atoms with Gasteiger partial charge < -0.3 is 10.3 Å². The van der Waals surface area contributed by atoms with Crippen molar-refractivity contribution in [2.24, 2.45) is 5.73 Å². The third-order valence-electron chi connectivity index (χ3n) is 2.74. The molecule has 0 amide bonds. The van der Waals surface area contributed by atoms with Gasteiger partial charge in [-0.1, -0.05) is 0 Å². The molecule has 0 aliphatic rings. The van der Waals surface area contributed by atoms with Crippen LogP contribution in [0.25, 0.3) is 0 Å². The number of aromatic nitrogens is 1. The summed E-state index contributed by atoms with van der Waals surface area (Å²) in [6.07, 6.45) is 1.92. The lowest BCUT2D eigenvalue weighted by Gasteiger charge is -2.22. The zero-order valence-corrected chi connectivity index (χ0v) is 10.7. The first-order chi connectivity index (χ1) is 8.13. The minimum Gasteiger partial charge on any atom is -0.330 e. The Morgan fingerprint density at radius 2 is 2.18 bits per heavy atom. The number of thiophene rings is 1. The lowest BCUT2D eigenvalue weighted by Crippen LogP contribution is -2.29. The van der Waals surface area contributed by atoms with Crippen molar-refractivity contribution in [2.45, 2.75) is 25.9 Å². The van der Waals surface area contributed by atoms with Gasteiger partial charge in [0.1, 0.15) is 11.8 Å². The fraction of sp³-hybridized carbons (Fsp3) is 0.308. The second kappa shape index (κ2) is 4.74. The maximum Gasteiger partial charge on any atom is 0.120 e. The van der Waals surface area contributed by atoms with E-state index in [4.69, 9.17) is 11.0 Å². The summed E-state index contributed by atoms with van der Waals surface area (Å²) in [4.78, 5) is 2.46. The monoisotopic (exact) mass is 245 g/mol. The molecular weight excluding hydrogens is 230 g/mol. The molecule has 0 bridgehead atoms. The Kier molecular flexibility index (Phi) is 3.32. The summed E-state index contributed by atoms with van der Waals surface area (Å²) in [6, 6.07) is 10.1. The van der Waals surface area contributed by atoms with E-state index in [1.165, 1.54) is 9.75 Å². The van der Waals surface area contributed by atoms with E-state index in [0.29, 0.717) is 5.69 Å². The summed E-state index contributed by atoms with van der Waals surface area (Å²) in [7, 11) is 0. The lowest BCUT2D eigenvalue weighted by molar-refractivity contribution is 0.502. The van der Waals surface area contributed by atoms with Gasteiger partial charge in [-0.3, -0.25) is 0 Å². The van der Waals surface area contributed by atoms with E-state index in [2.05, 4.69) is 25.1 Å². The molecule has 4 heteroatoms. The molecule has 0 saturated carbocycles. The first kappa shape index (κ1) is 11.9. The molecule has 0 saturated heterocycles.